The van der Waals surface area contributed by atoms with Gasteiger partial charge in [0.1, 0.15) is 23.7 Å². The van der Waals surface area contributed by atoms with Crippen LogP contribution in [0.4, 0.5) is 15.9 Å². The van der Waals surface area contributed by atoms with Crippen LogP contribution in [0.2, 0.25) is 0 Å². The number of halogens is 1. The second-order valence-electron chi connectivity index (χ2n) is 16.4. The van der Waals surface area contributed by atoms with Gasteiger partial charge in [-0.05, 0) is 106 Å². The zero-order chi connectivity index (χ0) is 40.9. The molecule has 4 aliphatic rings. The summed E-state index contributed by atoms with van der Waals surface area (Å²) in [6, 6.07) is 11.8. The molecule has 5 aromatic rings. The van der Waals surface area contributed by atoms with Crippen molar-refractivity contribution in [3.8, 4) is 28.3 Å². The highest BCUT2D eigenvalue weighted by atomic mass is 19.1. The highest BCUT2D eigenvalue weighted by Gasteiger charge is 2.40. The molecule has 9 rings (SSSR count). The zero-order valence-electron chi connectivity index (χ0n) is 33.5. The van der Waals surface area contributed by atoms with Crippen LogP contribution in [0.1, 0.15) is 65.8 Å². The number of rotatable bonds is 11. The summed E-state index contributed by atoms with van der Waals surface area (Å²) in [5, 5.41) is 15.7. The highest BCUT2D eigenvalue weighted by molar-refractivity contribution is 6.05. The van der Waals surface area contributed by atoms with Gasteiger partial charge in [0.15, 0.2) is 11.6 Å². The van der Waals surface area contributed by atoms with E-state index in [1.165, 1.54) is 16.9 Å². The van der Waals surface area contributed by atoms with Gasteiger partial charge in [-0.25, -0.2) is 9.37 Å². The second-order valence-corrected chi connectivity index (χ2v) is 16.4. The van der Waals surface area contributed by atoms with Crippen LogP contribution in [-0.4, -0.2) is 96.0 Å². The number of pyridine rings is 1. The topological polar surface area (TPSA) is 170 Å². The van der Waals surface area contributed by atoms with E-state index in [0.717, 1.165) is 85.7 Å². The summed E-state index contributed by atoms with van der Waals surface area (Å²) in [4.78, 5) is 49.7. The Balaban J connectivity index is 0.785. The quantitative estimate of drug-likeness (QED) is 0.180. The number of amides is 3. The smallest absolute Gasteiger partial charge is 0.255 e. The first-order valence-corrected chi connectivity index (χ1v) is 20.3. The molecule has 0 saturated carbocycles. The number of nitrogen functional groups attached to an aromatic ring is 1. The molecule has 2 aromatic carbocycles. The third-order valence-electron chi connectivity index (χ3n) is 12.3. The number of likely N-dealkylation sites (tertiary alicyclic amines) is 1. The van der Waals surface area contributed by atoms with Gasteiger partial charge >= 0.3 is 0 Å². The van der Waals surface area contributed by atoms with E-state index in [1.54, 1.807) is 30.4 Å². The number of ether oxygens (including phenoxy) is 1. The number of hydrogen-bond acceptors (Lipinski definition) is 11. The van der Waals surface area contributed by atoms with Crippen LogP contribution in [0, 0.1) is 24.6 Å². The van der Waals surface area contributed by atoms with Crippen molar-refractivity contribution in [1.82, 2.24) is 44.9 Å². The average Bonchev–Trinajstić information content (AvgIpc) is 3.90. The average molecular weight is 802 g/mol. The van der Waals surface area contributed by atoms with Gasteiger partial charge in [-0.3, -0.25) is 24.4 Å². The van der Waals surface area contributed by atoms with Crippen molar-refractivity contribution in [1.29, 1.82) is 0 Å². The molecule has 4 aliphatic heterocycles. The first kappa shape index (κ1) is 38.4. The molecule has 1 unspecified atom stereocenters. The number of hydrogen-bond donors (Lipinski definition) is 2. The standard InChI is InChI=1S/C43H48FN11O4/c1-25-17-48-55(40(25)29-15-38(41(45)46-18-29)59-26(2)35-16-31(44)4-6-34(35)36-19-47-51(3)50-36)23-27-10-12-52(13-11-27)20-28-21-53(22-28)32-5-7-33-30(14-32)24-54(43(33)58)37-8-9-39(56)49-42(37)57/h4-7,14-19,26-28,37H,8-13,20-24H2,1-3H3,(H2,45,46)(H,49,56,57)/t26-,37?/m1/s1. The molecule has 16 heteroatoms. The van der Waals surface area contributed by atoms with E-state index in [0.29, 0.717) is 47.4 Å². The fourth-order valence-electron chi connectivity index (χ4n) is 9.11. The molecule has 3 saturated heterocycles. The largest absolute Gasteiger partial charge is 0.482 e. The second kappa shape index (κ2) is 15.5. The van der Waals surface area contributed by atoms with Crippen molar-refractivity contribution in [2.75, 3.05) is 43.4 Å². The van der Waals surface area contributed by atoms with Crippen LogP contribution in [0.5, 0.6) is 5.75 Å². The number of nitrogens with one attached hydrogen (secondary N) is 1. The number of carbonyl (C=O) groups excluding carboxylic acids is 3. The Labute approximate surface area is 341 Å². The SMILES string of the molecule is Cc1cnn(CC2CCN(CC3CN(c4ccc5c(c4)CN(C4CCC(=O)NC4=O)C5=O)C3)CC2)c1-c1cnc(N)c(O[C@H](C)c2cc(F)ccc2-c2cnn(C)n2)c1. The summed E-state index contributed by atoms with van der Waals surface area (Å²) in [5.41, 5.74) is 13.8. The van der Waals surface area contributed by atoms with E-state index >= 15 is 0 Å². The summed E-state index contributed by atoms with van der Waals surface area (Å²) in [6.45, 7) is 10.1. The summed E-state index contributed by atoms with van der Waals surface area (Å²) in [7, 11) is 1.73. The fourth-order valence-corrected chi connectivity index (χ4v) is 9.11. The molecule has 2 atom stereocenters. The summed E-state index contributed by atoms with van der Waals surface area (Å²) < 4.78 is 22.9. The Bertz CT molecular complexity index is 2430. The van der Waals surface area contributed by atoms with E-state index in [-0.39, 0.29) is 35.8 Å². The first-order valence-electron chi connectivity index (χ1n) is 20.3. The normalized spacial score (nSPS) is 19.5. The van der Waals surface area contributed by atoms with E-state index < -0.39 is 12.1 Å². The molecule has 0 aliphatic carbocycles. The van der Waals surface area contributed by atoms with E-state index in [9.17, 15) is 18.8 Å². The Kier molecular flexibility index (Phi) is 10.1. The minimum atomic E-state index is -0.607. The molecule has 0 bridgehead atoms. The Hall–Kier alpha value is -6.16. The number of imide groups is 1. The van der Waals surface area contributed by atoms with Crippen LogP contribution < -0.4 is 20.7 Å². The van der Waals surface area contributed by atoms with Gasteiger partial charge in [0.25, 0.3) is 5.91 Å². The lowest BCUT2D eigenvalue weighted by Gasteiger charge is -2.44. The van der Waals surface area contributed by atoms with Crippen molar-refractivity contribution < 1.29 is 23.5 Å². The lowest BCUT2D eigenvalue weighted by Crippen LogP contribution is -2.52. The number of fused-ring (bicyclic) bond motifs is 1. The summed E-state index contributed by atoms with van der Waals surface area (Å²) in [5.74, 6) is 0.494. The van der Waals surface area contributed by atoms with Crippen molar-refractivity contribution >= 4 is 29.2 Å². The molecule has 3 amide bonds. The predicted molar refractivity (Wildman–Crippen MR) is 217 cm³/mol. The lowest BCUT2D eigenvalue weighted by atomic mass is 9.93. The molecule has 306 valence electrons. The number of carbonyl (C=O) groups is 3. The number of piperidine rings is 2. The van der Waals surface area contributed by atoms with Crippen molar-refractivity contribution in [3.05, 3.63) is 89.1 Å². The van der Waals surface area contributed by atoms with Gasteiger partial charge in [0.05, 0.1) is 18.1 Å². The molecule has 3 aromatic heterocycles. The van der Waals surface area contributed by atoms with Gasteiger partial charge in [-0.15, -0.1) is 0 Å². The number of anilines is 2. The maximum absolute atomic E-state index is 14.5. The maximum atomic E-state index is 14.5. The number of aryl methyl sites for hydroxylation is 2. The van der Waals surface area contributed by atoms with E-state index in [1.807, 2.05) is 38.2 Å². The van der Waals surface area contributed by atoms with Gasteiger partial charge in [-0.1, -0.05) is 0 Å². The molecule has 3 N–H and O–H groups in total. The van der Waals surface area contributed by atoms with Gasteiger partial charge < -0.3 is 25.2 Å². The fraction of sp³-hybridized carbons (Fsp3) is 0.419. The molecule has 15 nitrogen and oxygen atoms in total. The van der Waals surface area contributed by atoms with Crippen molar-refractivity contribution in [3.63, 3.8) is 0 Å². The van der Waals surface area contributed by atoms with E-state index in [2.05, 4.69) is 41.0 Å². The predicted octanol–water partition coefficient (Wildman–Crippen LogP) is 4.52. The molecular formula is C43H48FN11O4. The van der Waals surface area contributed by atoms with Crippen LogP contribution in [0.25, 0.3) is 22.5 Å². The number of nitrogens with two attached hydrogens (primary N) is 1. The number of nitrogens with zero attached hydrogens (tertiary/aromatic N) is 9. The molecule has 3 fully saturated rings. The highest BCUT2D eigenvalue weighted by Crippen LogP contribution is 2.37. The van der Waals surface area contributed by atoms with Gasteiger partial charge in [0, 0.05) is 86.2 Å². The maximum Gasteiger partial charge on any atom is 0.255 e. The Morgan fingerprint density at radius 3 is 2.51 bits per heavy atom. The molecular weight excluding hydrogens is 754 g/mol. The van der Waals surface area contributed by atoms with Crippen LogP contribution in [0.15, 0.2) is 61.1 Å². The van der Waals surface area contributed by atoms with Gasteiger partial charge in [0.2, 0.25) is 11.8 Å². The van der Waals surface area contributed by atoms with Crippen LogP contribution >= 0.6 is 0 Å². The third kappa shape index (κ3) is 7.64. The van der Waals surface area contributed by atoms with E-state index in [4.69, 9.17) is 15.6 Å². The summed E-state index contributed by atoms with van der Waals surface area (Å²) in [6.07, 6.45) is 7.47. The molecule has 7 heterocycles. The first-order chi connectivity index (χ1) is 28.5. The zero-order valence-corrected chi connectivity index (χ0v) is 33.5. The third-order valence-corrected chi connectivity index (χ3v) is 12.3. The van der Waals surface area contributed by atoms with Crippen molar-refractivity contribution in [2.45, 2.75) is 64.8 Å². The summed E-state index contributed by atoms with van der Waals surface area (Å²) >= 11 is 0. The number of benzene rings is 2. The molecule has 59 heavy (non-hydrogen) atoms. The monoisotopic (exact) mass is 801 g/mol. The Morgan fingerprint density at radius 2 is 1.75 bits per heavy atom. The minimum absolute atomic E-state index is 0.144. The molecule has 0 spiro atoms. The molecule has 0 radical (unpaired) electrons. The van der Waals surface area contributed by atoms with Crippen molar-refractivity contribution in [2.24, 2.45) is 18.9 Å². The van der Waals surface area contributed by atoms with Crippen LogP contribution in [-0.2, 0) is 29.7 Å². The number of aromatic nitrogens is 6. The van der Waals surface area contributed by atoms with Gasteiger partial charge in [-0.2, -0.15) is 20.1 Å². The minimum Gasteiger partial charge on any atom is -0.482 e. The van der Waals surface area contributed by atoms with Crippen LogP contribution in [0.3, 0.4) is 0 Å². The lowest BCUT2D eigenvalue weighted by molar-refractivity contribution is -0.136. The Morgan fingerprint density at radius 1 is 0.949 bits per heavy atom.